The second kappa shape index (κ2) is 8.20. The van der Waals surface area contributed by atoms with E-state index < -0.39 is 12.2 Å². The van der Waals surface area contributed by atoms with Crippen LogP contribution in [0.15, 0.2) is 42.5 Å². The van der Waals surface area contributed by atoms with Gasteiger partial charge in [0.15, 0.2) is 0 Å². The van der Waals surface area contributed by atoms with E-state index in [2.05, 4.69) is 5.32 Å². The van der Waals surface area contributed by atoms with E-state index in [0.717, 1.165) is 5.39 Å². The molecule has 1 N–H and O–H groups in total. The van der Waals surface area contributed by atoms with Crippen molar-refractivity contribution in [2.24, 2.45) is 0 Å². The summed E-state index contributed by atoms with van der Waals surface area (Å²) < 4.78 is 41.0. The normalized spacial score (nSPS) is 17.2. The number of fused-ring (bicyclic) bond motifs is 1. The highest BCUT2D eigenvalue weighted by Crippen LogP contribution is 2.40. The number of hydrogen-bond acceptors (Lipinski definition) is 2. The number of alkyl halides is 3. The van der Waals surface area contributed by atoms with E-state index in [9.17, 15) is 13.2 Å². The van der Waals surface area contributed by atoms with Gasteiger partial charge in [-0.25, -0.2) is 0 Å². The van der Waals surface area contributed by atoms with E-state index >= 15 is 0 Å². The molecule has 0 unspecified atom stereocenters. The van der Waals surface area contributed by atoms with E-state index in [4.69, 9.17) is 0 Å². The molecule has 7 heteroatoms. The fourth-order valence-corrected chi connectivity index (χ4v) is 3.01. The van der Waals surface area contributed by atoms with Crippen LogP contribution in [0, 0.1) is 0 Å². The molecule has 2 aromatic rings. The Kier molecular flexibility index (Phi) is 7.14. The maximum absolute atomic E-state index is 13.7. The third-order valence-corrected chi connectivity index (χ3v) is 3.94. The number of halogens is 5. The van der Waals surface area contributed by atoms with Gasteiger partial charge in [0.25, 0.3) is 0 Å². The molecule has 3 rings (SSSR count). The second-order valence-corrected chi connectivity index (χ2v) is 5.30. The second-order valence-electron chi connectivity index (χ2n) is 5.30. The number of hydrogen-bond donors (Lipinski definition) is 1. The van der Waals surface area contributed by atoms with Crippen LogP contribution in [0.1, 0.15) is 11.6 Å². The smallest absolute Gasteiger partial charge is 0.314 e. The lowest BCUT2D eigenvalue weighted by Gasteiger charge is -2.36. The highest BCUT2D eigenvalue weighted by atomic mass is 35.5. The molecule has 0 bridgehead atoms. The molecule has 23 heavy (non-hydrogen) atoms. The fourth-order valence-electron chi connectivity index (χ4n) is 3.01. The third kappa shape index (κ3) is 4.29. The van der Waals surface area contributed by atoms with Gasteiger partial charge in [-0.05, 0) is 16.3 Å². The molecule has 1 aliphatic rings. The minimum Gasteiger partial charge on any atom is -0.314 e. The van der Waals surface area contributed by atoms with Crippen LogP contribution in [0.4, 0.5) is 13.2 Å². The molecular formula is C16H19Cl2F3N2. The third-order valence-electron chi connectivity index (χ3n) is 3.94. The van der Waals surface area contributed by atoms with Gasteiger partial charge < -0.3 is 5.32 Å². The maximum Gasteiger partial charge on any atom is 0.408 e. The Balaban J connectivity index is 0.00000132. The molecule has 0 aromatic heterocycles. The van der Waals surface area contributed by atoms with Crippen molar-refractivity contribution in [2.75, 3.05) is 26.2 Å². The number of nitrogens with zero attached hydrogens (tertiary/aromatic N) is 1. The largest absolute Gasteiger partial charge is 0.408 e. The first-order valence-electron chi connectivity index (χ1n) is 7.06. The Morgan fingerprint density at radius 2 is 1.52 bits per heavy atom. The van der Waals surface area contributed by atoms with Crippen molar-refractivity contribution in [2.45, 2.75) is 12.2 Å². The predicted molar refractivity (Wildman–Crippen MR) is 91.7 cm³/mol. The molecule has 1 saturated heterocycles. The highest BCUT2D eigenvalue weighted by molar-refractivity contribution is 5.86. The first-order valence-corrected chi connectivity index (χ1v) is 7.06. The quantitative estimate of drug-likeness (QED) is 0.856. The topological polar surface area (TPSA) is 15.3 Å². The van der Waals surface area contributed by atoms with Crippen LogP contribution in [-0.4, -0.2) is 37.3 Å². The summed E-state index contributed by atoms with van der Waals surface area (Å²) >= 11 is 0. The van der Waals surface area contributed by atoms with Gasteiger partial charge in [-0.3, -0.25) is 4.90 Å². The van der Waals surface area contributed by atoms with Crippen LogP contribution in [0.25, 0.3) is 10.8 Å². The molecule has 0 spiro atoms. The van der Waals surface area contributed by atoms with Crippen LogP contribution in [-0.2, 0) is 0 Å². The van der Waals surface area contributed by atoms with Crippen molar-refractivity contribution in [3.63, 3.8) is 0 Å². The molecule has 0 radical (unpaired) electrons. The van der Waals surface area contributed by atoms with Crippen LogP contribution in [0.3, 0.4) is 0 Å². The molecule has 1 heterocycles. The zero-order chi connectivity index (χ0) is 14.9. The summed E-state index contributed by atoms with van der Waals surface area (Å²) in [6, 6.07) is 10.9. The lowest BCUT2D eigenvalue weighted by Crippen LogP contribution is -2.49. The molecule has 2 nitrogen and oxygen atoms in total. The van der Waals surface area contributed by atoms with Gasteiger partial charge in [-0.15, -0.1) is 24.8 Å². The lowest BCUT2D eigenvalue weighted by atomic mass is 9.97. The average Bonchev–Trinajstić information content (AvgIpc) is 2.47. The first kappa shape index (κ1) is 20.0. The van der Waals surface area contributed by atoms with Gasteiger partial charge in [-0.1, -0.05) is 42.5 Å². The number of benzene rings is 2. The van der Waals surface area contributed by atoms with Crippen LogP contribution in [0.5, 0.6) is 0 Å². The maximum atomic E-state index is 13.7. The number of rotatable bonds is 2. The molecule has 0 saturated carbocycles. The van der Waals surface area contributed by atoms with Gasteiger partial charge in [0.05, 0.1) is 0 Å². The summed E-state index contributed by atoms with van der Waals surface area (Å²) in [6.07, 6.45) is -4.28. The van der Waals surface area contributed by atoms with Gasteiger partial charge in [-0.2, -0.15) is 13.2 Å². The summed E-state index contributed by atoms with van der Waals surface area (Å²) in [4.78, 5) is 1.53. The van der Waals surface area contributed by atoms with Crippen molar-refractivity contribution in [3.05, 3.63) is 48.0 Å². The average molecular weight is 367 g/mol. The Hall–Kier alpha value is -1.01. The van der Waals surface area contributed by atoms with E-state index in [0.29, 0.717) is 37.1 Å². The Labute approximate surface area is 145 Å². The van der Waals surface area contributed by atoms with E-state index in [1.165, 1.54) is 4.90 Å². The van der Waals surface area contributed by atoms with E-state index in [1.807, 2.05) is 18.2 Å². The summed E-state index contributed by atoms with van der Waals surface area (Å²) in [6.45, 7) is 2.01. The minimum absolute atomic E-state index is 0. The molecule has 1 fully saturated rings. The van der Waals surface area contributed by atoms with Crippen molar-refractivity contribution in [3.8, 4) is 0 Å². The Bertz CT molecular complexity index is 623. The van der Waals surface area contributed by atoms with Crippen molar-refractivity contribution in [1.82, 2.24) is 10.2 Å². The number of nitrogens with one attached hydrogen (secondary N) is 1. The molecule has 0 amide bonds. The summed E-state index contributed by atoms with van der Waals surface area (Å²) in [5.41, 5.74) is 0.350. The lowest BCUT2D eigenvalue weighted by molar-refractivity contribution is -0.187. The molecule has 0 aliphatic carbocycles. The molecule has 1 aliphatic heterocycles. The van der Waals surface area contributed by atoms with Gasteiger partial charge in [0.1, 0.15) is 6.04 Å². The number of piperazine rings is 1. The van der Waals surface area contributed by atoms with E-state index in [1.54, 1.807) is 24.3 Å². The van der Waals surface area contributed by atoms with E-state index in [-0.39, 0.29) is 24.8 Å². The van der Waals surface area contributed by atoms with Crippen LogP contribution >= 0.6 is 24.8 Å². The van der Waals surface area contributed by atoms with Crippen molar-refractivity contribution in [1.29, 1.82) is 0 Å². The van der Waals surface area contributed by atoms with Crippen LogP contribution in [0.2, 0.25) is 0 Å². The minimum atomic E-state index is -4.28. The molecule has 128 valence electrons. The van der Waals surface area contributed by atoms with Crippen molar-refractivity contribution >= 4 is 35.6 Å². The summed E-state index contributed by atoms with van der Waals surface area (Å²) in [5.74, 6) is 0. The van der Waals surface area contributed by atoms with Crippen LogP contribution < -0.4 is 5.32 Å². The predicted octanol–water partition coefficient (Wildman–Crippen LogP) is 4.19. The summed E-state index contributed by atoms with van der Waals surface area (Å²) in [7, 11) is 0. The zero-order valence-electron chi connectivity index (χ0n) is 12.3. The first-order chi connectivity index (χ1) is 10.1. The van der Waals surface area contributed by atoms with Gasteiger partial charge in [0, 0.05) is 26.2 Å². The monoisotopic (exact) mass is 366 g/mol. The van der Waals surface area contributed by atoms with Gasteiger partial charge in [0.2, 0.25) is 0 Å². The molecular weight excluding hydrogens is 348 g/mol. The fraction of sp³-hybridized carbons (Fsp3) is 0.375. The Morgan fingerprint density at radius 1 is 0.913 bits per heavy atom. The van der Waals surface area contributed by atoms with Crippen molar-refractivity contribution < 1.29 is 13.2 Å². The SMILES string of the molecule is Cl.Cl.FC(F)(F)[C@@H](c1cccc2ccccc12)N1CCNCC1. The Morgan fingerprint density at radius 3 is 2.17 bits per heavy atom. The van der Waals surface area contributed by atoms with Gasteiger partial charge >= 0.3 is 6.18 Å². The molecule has 2 aromatic carbocycles. The standard InChI is InChI=1S/C16H17F3N2.2ClH/c17-16(18,19)15(21-10-8-20-9-11-21)14-7-3-5-12-4-1-2-6-13(12)14;;/h1-7,15,20H,8-11H2;2*1H/t15-;;/m1../s1. The highest BCUT2D eigenvalue weighted by Gasteiger charge is 2.45. The summed E-state index contributed by atoms with van der Waals surface area (Å²) in [5, 5.41) is 4.63. The molecule has 1 atom stereocenters. The zero-order valence-corrected chi connectivity index (χ0v) is 14.0.